The van der Waals surface area contributed by atoms with Crippen molar-refractivity contribution in [3.8, 4) is 0 Å². The summed E-state index contributed by atoms with van der Waals surface area (Å²) in [5, 5.41) is 6.93. The largest absolute Gasteiger partial charge is 0.356 e. The molecule has 2 rings (SSSR count). The van der Waals surface area contributed by atoms with Crippen molar-refractivity contribution in [2.75, 3.05) is 43.6 Å². The van der Waals surface area contributed by atoms with Crippen LogP contribution in [0.15, 0.2) is 29.4 Å². The zero-order valence-electron chi connectivity index (χ0n) is 14.0. The molecule has 0 amide bonds. The van der Waals surface area contributed by atoms with Gasteiger partial charge in [0.15, 0.2) is 5.96 Å². The molecule has 1 fully saturated rings. The van der Waals surface area contributed by atoms with E-state index in [1.165, 1.54) is 12.2 Å². The van der Waals surface area contributed by atoms with Gasteiger partial charge in [-0.1, -0.05) is 6.07 Å². The van der Waals surface area contributed by atoms with Gasteiger partial charge < -0.3 is 15.5 Å². The molecule has 5 nitrogen and oxygen atoms in total. The van der Waals surface area contributed by atoms with E-state index >= 15 is 0 Å². The number of hydrogen-bond donors (Lipinski definition) is 2. The fourth-order valence-electron chi connectivity index (χ4n) is 2.61. The van der Waals surface area contributed by atoms with E-state index < -0.39 is 0 Å². The average molecular weight is 449 g/mol. The number of aromatic nitrogens is 1. The summed E-state index contributed by atoms with van der Waals surface area (Å²) in [5.74, 6) is 3.20. The molecule has 0 radical (unpaired) electrons. The summed E-state index contributed by atoms with van der Waals surface area (Å²) >= 11 is 1.88. The number of piperidine rings is 1. The van der Waals surface area contributed by atoms with Crippen molar-refractivity contribution in [1.82, 2.24) is 15.6 Å². The van der Waals surface area contributed by atoms with Crippen molar-refractivity contribution >= 4 is 47.5 Å². The topological polar surface area (TPSA) is 52.6 Å². The molecule has 23 heavy (non-hydrogen) atoms. The number of pyridine rings is 1. The molecule has 2 heterocycles. The minimum absolute atomic E-state index is 0. The van der Waals surface area contributed by atoms with Crippen LogP contribution in [0.5, 0.6) is 0 Å². The number of thioether (sulfide) groups is 1. The third kappa shape index (κ3) is 7.15. The minimum Gasteiger partial charge on any atom is -0.356 e. The van der Waals surface area contributed by atoms with Crippen LogP contribution in [0.1, 0.15) is 19.3 Å². The lowest BCUT2D eigenvalue weighted by atomic mass is 10.1. The predicted octanol–water partition coefficient (Wildman–Crippen LogP) is 2.59. The zero-order chi connectivity index (χ0) is 15.6. The van der Waals surface area contributed by atoms with Crippen molar-refractivity contribution in [3.05, 3.63) is 24.4 Å². The van der Waals surface area contributed by atoms with Gasteiger partial charge in [0.2, 0.25) is 0 Å². The maximum atomic E-state index is 4.43. The molecule has 130 valence electrons. The van der Waals surface area contributed by atoms with E-state index in [9.17, 15) is 0 Å². The number of aliphatic imine (C=N–C) groups is 1. The van der Waals surface area contributed by atoms with Crippen LogP contribution in [0.4, 0.5) is 5.82 Å². The van der Waals surface area contributed by atoms with Crippen LogP contribution in [-0.2, 0) is 0 Å². The van der Waals surface area contributed by atoms with Gasteiger partial charge in [0.25, 0.3) is 0 Å². The highest BCUT2D eigenvalue weighted by molar-refractivity contribution is 14.0. The highest BCUT2D eigenvalue weighted by atomic mass is 127. The van der Waals surface area contributed by atoms with Gasteiger partial charge in [-0.25, -0.2) is 4.98 Å². The highest BCUT2D eigenvalue weighted by Gasteiger charge is 2.20. The van der Waals surface area contributed by atoms with Gasteiger partial charge in [-0.3, -0.25) is 4.99 Å². The molecule has 0 aliphatic carbocycles. The second kappa shape index (κ2) is 11.8. The Morgan fingerprint density at radius 2 is 2.17 bits per heavy atom. The molecule has 1 aliphatic rings. The lowest BCUT2D eigenvalue weighted by molar-refractivity contribution is 0.459. The summed E-state index contributed by atoms with van der Waals surface area (Å²) in [7, 11) is 1.84. The molecule has 1 aliphatic heterocycles. The summed E-state index contributed by atoms with van der Waals surface area (Å²) in [4.78, 5) is 11.1. The number of hydrogen-bond acceptors (Lipinski definition) is 4. The van der Waals surface area contributed by atoms with E-state index in [2.05, 4.69) is 37.8 Å². The summed E-state index contributed by atoms with van der Waals surface area (Å²) in [5.41, 5.74) is 0. The molecule has 0 atom stereocenters. The lowest BCUT2D eigenvalue weighted by Crippen LogP contribution is -2.49. The van der Waals surface area contributed by atoms with Crippen molar-refractivity contribution < 1.29 is 0 Å². The Morgan fingerprint density at radius 1 is 1.39 bits per heavy atom. The van der Waals surface area contributed by atoms with Crippen LogP contribution in [-0.4, -0.2) is 55.7 Å². The third-order valence-corrected chi connectivity index (χ3v) is 4.55. The van der Waals surface area contributed by atoms with E-state index in [-0.39, 0.29) is 24.0 Å². The lowest BCUT2D eigenvalue weighted by Gasteiger charge is -2.33. The van der Waals surface area contributed by atoms with Crippen molar-refractivity contribution in [2.24, 2.45) is 4.99 Å². The monoisotopic (exact) mass is 449 g/mol. The first kappa shape index (κ1) is 20.3. The Labute approximate surface area is 161 Å². The molecule has 1 saturated heterocycles. The van der Waals surface area contributed by atoms with Gasteiger partial charge in [-0.2, -0.15) is 11.8 Å². The zero-order valence-corrected chi connectivity index (χ0v) is 17.1. The maximum absolute atomic E-state index is 4.43. The van der Waals surface area contributed by atoms with Crippen molar-refractivity contribution in [1.29, 1.82) is 0 Å². The van der Waals surface area contributed by atoms with Crippen LogP contribution >= 0.6 is 35.7 Å². The van der Waals surface area contributed by atoms with Crippen LogP contribution in [0.25, 0.3) is 0 Å². The standard InChI is InChI=1S/C16H27N5S.HI/c1-17-16(19-10-5-13-22-2)20-14-7-11-21(12-8-14)15-6-3-4-9-18-15;/h3-4,6,9,14H,5,7-8,10-13H2,1-2H3,(H2,17,19,20);1H. The quantitative estimate of drug-likeness (QED) is 0.303. The summed E-state index contributed by atoms with van der Waals surface area (Å²) in [6.45, 7) is 3.06. The molecule has 2 N–H and O–H groups in total. The second-order valence-corrected chi connectivity index (χ2v) is 6.42. The smallest absolute Gasteiger partial charge is 0.191 e. The molecule has 1 aromatic heterocycles. The van der Waals surface area contributed by atoms with Gasteiger partial charge >= 0.3 is 0 Å². The van der Waals surface area contributed by atoms with Crippen LogP contribution in [0, 0.1) is 0 Å². The minimum atomic E-state index is 0. The van der Waals surface area contributed by atoms with Gasteiger partial charge in [0, 0.05) is 38.9 Å². The second-order valence-electron chi connectivity index (χ2n) is 5.44. The van der Waals surface area contributed by atoms with E-state index in [0.717, 1.165) is 44.3 Å². The molecule has 1 aromatic rings. The van der Waals surface area contributed by atoms with Crippen LogP contribution < -0.4 is 15.5 Å². The first-order valence-corrected chi connectivity index (χ1v) is 9.35. The Hall–Kier alpha value is -0.700. The highest BCUT2D eigenvalue weighted by Crippen LogP contribution is 2.17. The average Bonchev–Trinajstić information content (AvgIpc) is 2.59. The first-order chi connectivity index (χ1) is 10.8. The number of anilines is 1. The number of nitrogens with zero attached hydrogens (tertiary/aromatic N) is 3. The molecular weight excluding hydrogens is 421 g/mol. The van der Waals surface area contributed by atoms with E-state index in [0.29, 0.717) is 6.04 Å². The summed E-state index contributed by atoms with van der Waals surface area (Å²) in [6.07, 6.45) is 7.40. The van der Waals surface area contributed by atoms with Crippen molar-refractivity contribution in [3.63, 3.8) is 0 Å². The fraction of sp³-hybridized carbons (Fsp3) is 0.625. The number of halogens is 1. The van der Waals surface area contributed by atoms with E-state index in [1.807, 2.05) is 37.1 Å². The van der Waals surface area contributed by atoms with E-state index in [1.54, 1.807) is 0 Å². The Morgan fingerprint density at radius 3 is 2.78 bits per heavy atom. The van der Waals surface area contributed by atoms with E-state index in [4.69, 9.17) is 0 Å². The molecular formula is C16H28IN5S. The molecule has 0 aromatic carbocycles. The summed E-state index contributed by atoms with van der Waals surface area (Å²) < 4.78 is 0. The van der Waals surface area contributed by atoms with Crippen molar-refractivity contribution in [2.45, 2.75) is 25.3 Å². The van der Waals surface area contributed by atoms with Crippen LogP contribution in [0.3, 0.4) is 0 Å². The predicted molar refractivity (Wildman–Crippen MR) is 112 cm³/mol. The van der Waals surface area contributed by atoms with Gasteiger partial charge in [0.05, 0.1) is 0 Å². The molecule has 0 saturated carbocycles. The Balaban J connectivity index is 0.00000264. The summed E-state index contributed by atoms with van der Waals surface area (Å²) in [6, 6.07) is 6.59. The normalized spacial score (nSPS) is 15.9. The Bertz CT molecular complexity index is 449. The van der Waals surface area contributed by atoms with Gasteiger partial charge in [0.1, 0.15) is 5.82 Å². The number of rotatable bonds is 6. The number of nitrogens with one attached hydrogen (secondary N) is 2. The molecule has 0 spiro atoms. The SMILES string of the molecule is CN=C(NCCCSC)NC1CCN(c2ccccn2)CC1.I. The third-order valence-electron chi connectivity index (χ3n) is 3.85. The first-order valence-electron chi connectivity index (χ1n) is 7.95. The number of guanidine groups is 1. The molecule has 0 unspecified atom stereocenters. The fourth-order valence-corrected chi connectivity index (χ4v) is 3.04. The maximum Gasteiger partial charge on any atom is 0.191 e. The van der Waals surface area contributed by atoms with Crippen LogP contribution in [0.2, 0.25) is 0 Å². The Kier molecular flexibility index (Phi) is 10.4. The van der Waals surface area contributed by atoms with Gasteiger partial charge in [-0.05, 0) is 43.4 Å². The molecule has 0 bridgehead atoms. The van der Waals surface area contributed by atoms with Gasteiger partial charge in [-0.15, -0.1) is 24.0 Å². The molecule has 7 heteroatoms.